The summed E-state index contributed by atoms with van der Waals surface area (Å²) in [6.45, 7) is 9.66. The highest BCUT2D eigenvalue weighted by Crippen LogP contribution is 2.32. The Kier molecular flexibility index (Phi) is 5.74. The van der Waals surface area contributed by atoms with Gasteiger partial charge in [0.15, 0.2) is 5.76 Å². The van der Waals surface area contributed by atoms with E-state index >= 15 is 0 Å². The van der Waals surface area contributed by atoms with E-state index in [-0.39, 0.29) is 11.3 Å². The van der Waals surface area contributed by atoms with Gasteiger partial charge in [-0.2, -0.15) is 0 Å². The number of benzene rings is 1. The summed E-state index contributed by atoms with van der Waals surface area (Å²) in [5.41, 5.74) is 2.94. The largest absolute Gasteiger partial charge is 0.451 e. The molecule has 28 heavy (non-hydrogen) atoms. The van der Waals surface area contributed by atoms with Gasteiger partial charge >= 0.3 is 0 Å². The Hall–Kier alpha value is -1.85. The number of ether oxygens (including phenoxy) is 1. The van der Waals surface area contributed by atoms with Gasteiger partial charge in [-0.05, 0) is 64.3 Å². The second-order valence-corrected chi connectivity index (χ2v) is 8.69. The highest BCUT2D eigenvalue weighted by Gasteiger charge is 2.35. The van der Waals surface area contributed by atoms with E-state index in [1.165, 1.54) is 32.4 Å². The molecule has 0 bridgehead atoms. The Morgan fingerprint density at radius 1 is 1.14 bits per heavy atom. The van der Waals surface area contributed by atoms with Gasteiger partial charge in [0.05, 0.1) is 0 Å². The maximum Gasteiger partial charge on any atom is 0.287 e. The highest BCUT2D eigenvalue weighted by molar-refractivity contribution is 5.99. The topological polar surface area (TPSA) is 54.7 Å². The van der Waals surface area contributed by atoms with E-state index in [1.54, 1.807) is 0 Å². The second kappa shape index (κ2) is 8.26. The van der Waals surface area contributed by atoms with Gasteiger partial charge in [-0.1, -0.05) is 18.6 Å². The lowest BCUT2D eigenvalue weighted by atomic mass is 9.79. The van der Waals surface area contributed by atoms with E-state index in [1.807, 2.05) is 26.0 Å². The minimum atomic E-state index is -0.101. The molecule has 2 fully saturated rings. The van der Waals surface area contributed by atoms with Gasteiger partial charge in [0.2, 0.25) is 0 Å². The number of carbonyl (C=O) groups excluding carboxylic acids is 1. The SMILES string of the molecule is Cc1ccc2c(C)c(C(=O)NCC3(CN4CCCCC4)CCOCC3)oc2c1. The van der Waals surface area contributed by atoms with Crippen LogP contribution >= 0.6 is 0 Å². The molecule has 1 aromatic heterocycles. The van der Waals surface area contributed by atoms with E-state index in [9.17, 15) is 4.79 Å². The van der Waals surface area contributed by atoms with Crippen LogP contribution in [0.4, 0.5) is 0 Å². The first kappa shape index (κ1) is 19.5. The standard InChI is InChI=1S/C23H32N2O3/c1-17-6-7-19-18(2)21(28-20(19)14-17)22(26)24-15-23(8-12-27-13-9-23)16-25-10-4-3-5-11-25/h6-7,14H,3-5,8-13,15-16H2,1-2H3,(H,24,26). The Morgan fingerprint density at radius 2 is 1.89 bits per heavy atom. The third kappa shape index (κ3) is 4.11. The summed E-state index contributed by atoms with van der Waals surface area (Å²) in [4.78, 5) is 15.5. The molecule has 0 spiro atoms. The normalized spacial score (nSPS) is 20.4. The van der Waals surface area contributed by atoms with Gasteiger partial charge < -0.3 is 19.4 Å². The Balaban J connectivity index is 1.47. The van der Waals surface area contributed by atoms with E-state index < -0.39 is 0 Å². The fraction of sp³-hybridized carbons (Fsp3) is 0.609. The first-order valence-electron chi connectivity index (χ1n) is 10.6. The number of furan rings is 1. The maximum atomic E-state index is 12.9. The zero-order valence-electron chi connectivity index (χ0n) is 17.2. The predicted octanol–water partition coefficient (Wildman–Crippen LogP) is 4.06. The molecule has 2 saturated heterocycles. The maximum absolute atomic E-state index is 12.9. The zero-order valence-corrected chi connectivity index (χ0v) is 17.2. The average molecular weight is 385 g/mol. The third-order valence-corrected chi connectivity index (χ3v) is 6.49. The van der Waals surface area contributed by atoms with Crippen LogP contribution in [0.1, 0.15) is 53.8 Å². The van der Waals surface area contributed by atoms with Gasteiger partial charge in [-0.25, -0.2) is 0 Å². The Labute approximate surface area is 167 Å². The van der Waals surface area contributed by atoms with Crippen molar-refractivity contribution in [3.63, 3.8) is 0 Å². The highest BCUT2D eigenvalue weighted by atomic mass is 16.5. The summed E-state index contributed by atoms with van der Waals surface area (Å²) in [6.07, 6.45) is 5.92. The average Bonchev–Trinajstić information content (AvgIpc) is 3.03. The van der Waals surface area contributed by atoms with Crippen LogP contribution in [0, 0.1) is 19.3 Å². The zero-order chi connectivity index (χ0) is 19.6. The molecule has 2 aromatic rings. The van der Waals surface area contributed by atoms with Crippen LogP contribution < -0.4 is 5.32 Å². The molecule has 0 radical (unpaired) electrons. The quantitative estimate of drug-likeness (QED) is 0.845. The van der Waals surface area contributed by atoms with Crippen molar-refractivity contribution in [3.05, 3.63) is 35.1 Å². The monoisotopic (exact) mass is 384 g/mol. The molecule has 1 amide bonds. The summed E-state index contributed by atoms with van der Waals surface area (Å²) in [7, 11) is 0. The van der Waals surface area contributed by atoms with Crippen molar-refractivity contribution >= 4 is 16.9 Å². The molecule has 4 rings (SSSR count). The molecule has 5 nitrogen and oxygen atoms in total. The number of fused-ring (bicyclic) bond motifs is 1. The molecule has 1 N–H and O–H groups in total. The van der Waals surface area contributed by atoms with Crippen LogP contribution in [0.15, 0.2) is 22.6 Å². The van der Waals surface area contributed by atoms with Crippen molar-refractivity contribution in [3.8, 4) is 0 Å². The fourth-order valence-corrected chi connectivity index (χ4v) is 4.68. The summed E-state index contributed by atoms with van der Waals surface area (Å²) < 4.78 is 11.5. The number of rotatable bonds is 5. The number of piperidine rings is 1. The molecule has 5 heteroatoms. The number of nitrogens with zero attached hydrogens (tertiary/aromatic N) is 1. The molecule has 3 heterocycles. The fourth-order valence-electron chi connectivity index (χ4n) is 4.68. The molecule has 2 aliphatic heterocycles. The van der Waals surface area contributed by atoms with E-state index in [2.05, 4.69) is 16.3 Å². The molecule has 2 aliphatic rings. The van der Waals surface area contributed by atoms with Crippen LogP contribution in [-0.4, -0.2) is 50.2 Å². The van der Waals surface area contributed by atoms with Crippen LogP contribution in [0.3, 0.4) is 0 Å². The summed E-state index contributed by atoms with van der Waals surface area (Å²) in [5, 5.41) is 4.22. The molecule has 152 valence electrons. The van der Waals surface area contributed by atoms with Crippen molar-refractivity contribution in [2.45, 2.75) is 46.0 Å². The number of nitrogens with one attached hydrogen (secondary N) is 1. The molecular formula is C23H32N2O3. The first-order chi connectivity index (χ1) is 13.6. The summed E-state index contributed by atoms with van der Waals surface area (Å²) in [6, 6.07) is 6.09. The minimum absolute atomic E-state index is 0.0990. The van der Waals surface area contributed by atoms with E-state index in [4.69, 9.17) is 9.15 Å². The van der Waals surface area contributed by atoms with Crippen molar-refractivity contribution < 1.29 is 13.9 Å². The summed E-state index contributed by atoms with van der Waals surface area (Å²) in [5.74, 6) is 0.344. The smallest absolute Gasteiger partial charge is 0.287 e. The molecule has 0 atom stereocenters. The van der Waals surface area contributed by atoms with Crippen LogP contribution in [0.25, 0.3) is 11.0 Å². The van der Waals surface area contributed by atoms with Crippen molar-refractivity contribution in [1.29, 1.82) is 0 Å². The molecule has 0 unspecified atom stereocenters. The van der Waals surface area contributed by atoms with Gasteiger partial charge in [0, 0.05) is 42.7 Å². The molecule has 1 aromatic carbocycles. The van der Waals surface area contributed by atoms with Gasteiger partial charge in [-0.15, -0.1) is 0 Å². The number of likely N-dealkylation sites (tertiary alicyclic amines) is 1. The summed E-state index contributed by atoms with van der Waals surface area (Å²) >= 11 is 0. The lowest BCUT2D eigenvalue weighted by molar-refractivity contribution is -0.00682. The van der Waals surface area contributed by atoms with Crippen molar-refractivity contribution in [1.82, 2.24) is 10.2 Å². The van der Waals surface area contributed by atoms with E-state index in [0.29, 0.717) is 12.3 Å². The van der Waals surface area contributed by atoms with Crippen molar-refractivity contribution in [2.75, 3.05) is 39.4 Å². The number of carbonyl (C=O) groups is 1. The van der Waals surface area contributed by atoms with E-state index in [0.717, 1.165) is 54.7 Å². The second-order valence-electron chi connectivity index (χ2n) is 8.69. The third-order valence-electron chi connectivity index (χ3n) is 6.49. The minimum Gasteiger partial charge on any atom is -0.451 e. The van der Waals surface area contributed by atoms with Crippen LogP contribution in [0.2, 0.25) is 0 Å². The Bertz CT molecular complexity index is 830. The number of hydrogen-bond donors (Lipinski definition) is 1. The van der Waals surface area contributed by atoms with Gasteiger partial charge in [0.1, 0.15) is 5.58 Å². The lowest BCUT2D eigenvalue weighted by Crippen LogP contribution is -2.49. The number of hydrogen-bond acceptors (Lipinski definition) is 4. The van der Waals surface area contributed by atoms with Crippen LogP contribution in [-0.2, 0) is 4.74 Å². The lowest BCUT2D eigenvalue weighted by Gasteiger charge is -2.42. The first-order valence-corrected chi connectivity index (χ1v) is 10.6. The van der Waals surface area contributed by atoms with Crippen molar-refractivity contribution in [2.24, 2.45) is 5.41 Å². The van der Waals surface area contributed by atoms with Crippen LogP contribution in [0.5, 0.6) is 0 Å². The molecule has 0 saturated carbocycles. The molecule has 0 aliphatic carbocycles. The Morgan fingerprint density at radius 3 is 2.64 bits per heavy atom. The predicted molar refractivity (Wildman–Crippen MR) is 111 cm³/mol. The van der Waals surface area contributed by atoms with Gasteiger partial charge in [0.25, 0.3) is 5.91 Å². The number of amides is 1. The van der Waals surface area contributed by atoms with Gasteiger partial charge in [-0.3, -0.25) is 4.79 Å². The number of aryl methyl sites for hydroxylation is 2. The molecular weight excluding hydrogens is 352 g/mol.